The van der Waals surface area contributed by atoms with Gasteiger partial charge in [-0.05, 0) is 48.8 Å². The van der Waals surface area contributed by atoms with Crippen molar-refractivity contribution in [3.8, 4) is 0 Å². The molecule has 0 radical (unpaired) electrons. The van der Waals surface area contributed by atoms with Gasteiger partial charge in [-0.25, -0.2) is 0 Å². The van der Waals surface area contributed by atoms with Crippen LogP contribution in [0.15, 0.2) is 23.8 Å². The summed E-state index contributed by atoms with van der Waals surface area (Å²) in [5, 5.41) is 0. The minimum absolute atomic E-state index is 0.265. The van der Waals surface area contributed by atoms with Crippen LogP contribution >= 0.6 is 0 Å². The normalized spacial score (nSPS) is 25.9. The SMILES string of the molecule is Cc1cccc2c1C1=C(CC2=O)CC(C2CCOCC2)OC1. The number of benzene rings is 1. The molecule has 0 N–H and O–H groups in total. The third-order valence-corrected chi connectivity index (χ3v) is 5.36. The summed E-state index contributed by atoms with van der Waals surface area (Å²) in [6.07, 6.45) is 3.92. The van der Waals surface area contributed by atoms with E-state index in [1.807, 2.05) is 12.1 Å². The van der Waals surface area contributed by atoms with Crippen LogP contribution in [0.4, 0.5) is 0 Å². The van der Waals surface area contributed by atoms with Crippen molar-refractivity contribution in [1.29, 1.82) is 0 Å². The Morgan fingerprint density at radius 2 is 2.00 bits per heavy atom. The highest BCUT2D eigenvalue weighted by Gasteiger charge is 2.34. The maximum absolute atomic E-state index is 12.5. The molecule has 0 amide bonds. The molecule has 4 rings (SSSR count). The molecule has 2 heterocycles. The van der Waals surface area contributed by atoms with E-state index in [4.69, 9.17) is 9.47 Å². The number of carbonyl (C=O) groups is 1. The molecule has 0 bridgehead atoms. The zero-order chi connectivity index (χ0) is 15.1. The molecular weight excluding hydrogens is 276 g/mol. The van der Waals surface area contributed by atoms with Gasteiger partial charge in [-0.1, -0.05) is 23.8 Å². The molecule has 1 atom stereocenters. The summed E-state index contributed by atoms with van der Waals surface area (Å²) < 4.78 is 11.7. The van der Waals surface area contributed by atoms with Gasteiger partial charge in [0, 0.05) is 25.2 Å². The number of rotatable bonds is 1. The summed E-state index contributed by atoms with van der Waals surface area (Å²) in [6.45, 7) is 4.43. The quantitative estimate of drug-likeness (QED) is 0.795. The number of aryl methyl sites for hydroxylation is 1. The van der Waals surface area contributed by atoms with Crippen LogP contribution in [0.5, 0.6) is 0 Å². The van der Waals surface area contributed by atoms with Gasteiger partial charge in [-0.2, -0.15) is 0 Å². The van der Waals surface area contributed by atoms with Crippen molar-refractivity contribution in [2.75, 3.05) is 19.8 Å². The van der Waals surface area contributed by atoms with Gasteiger partial charge in [0.05, 0.1) is 12.7 Å². The first-order chi connectivity index (χ1) is 10.7. The number of hydrogen-bond donors (Lipinski definition) is 0. The zero-order valence-electron chi connectivity index (χ0n) is 13.1. The van der Waals surface area contributed by atoms with Crippen molar-refractivity contribution >= 4 is 11.4 Å². The van der Waals surface area contributed by atoms with Crippen LogP contribution in [0, 0.1) is 12.8 Å². The van der Waals surface area contributed by atoms with Gasteiger partial charge in [0.1, 0.15) is 0 Å². The van der Waals surface area contributed by atoms with E-state index in [2.05, 4.69) is 13.0 Å². The van der Waals surface area contributed by atoms with Gasteiger partial charge >= 0.3 is 0 Å². The van der Waals surface area contributed by atoms with Crippen molar-refractivity contribution in [2.24, 2.45) is 5.92 Å². The molecule has 1 saturated heterocycles. The van der Waals surface area contributed by atoms with Crippen LogP contribution < -0.4 is 0 Å². The van der Waals surface area contributed by atoms with Crippen LogP contribution in [0.2, 0.25) is 0 Å². The van der Waals surface area contributed by atoms with E-state index in [1.54, 1.807) is 0 Å². The van der Waals surface area contributed by atoms with E-state index in [1.165, 1.54) is 16.7 Å². The Morgan fingerprint density at radius 3 is 2.82 bits per heavy atom. The monoisotopic (exact) mass is 298 g/mol. The molecule has 116 valence electrons. The zero-order valence-corrected chi connectivity index (χ0v) is 13.1. The van der Waals surface area contributed by atoms with Gasteiger partial charge in [0.15, 0.2) is 5.78 Å². The van der Waals surface area contributed by atoms with E-state index in [0.717, 1.165) is 43.6 Å². The number of ketones is 1. The Hall–Kier alpha value is -1.45. The van der Waals surface area contributed by atoms with Crippen LogP contribution in [0.3, 0.4) is 0 Å². The highest BCUT2D eigenvalue weighted by Crippen LogP contribution is 2.41. The summed E-state index contributed by atoms with van der Waals surface area (Å²) in [6, 6.07) is 6.03. The molecule has 0 saturated carbocycles. The third kappa shape index (κ3) is 2.33. The van der Waals surface area contributed by atoms with Crippen LogP contribution in [-0.2, 0) is 9.47 Å². The minimum atomic E-state index is 0.265. The molecule has 1 aromatic carbocycles. The highest BCUT2D eigenvalue weighted by atomic mass is 16.5. The van der Waals surface area contributed by atoms with E-state index in [0.29, 0.717) is 18.9 Å². The van der Waals surface area contributed by atoms with Gasteiger partial charge in [0.2, 0.25) is 0 Å². The predicted octanol–water partition coefficient (Wildman–Crippen LogP) is 3.55. The van der Waals surface area contributed by atoms with Gasteiger partial charge < -0.3 is 9.47 Å². The lowest BCUT2D eigenvalue weighted by molar-refractivity contribution is -0.0273. The summed E-state index contributed by atoms with van der Waals surface area (Å²) in [7, 11) is 0. The Labute approximate surface area is 131 Å². The van der Waals surface area contributed by atoms with Crippen molar-refractivity contribution in [3.63, 3.8) is 0 Å². The highest BCUT2D eigenvalue weighted by molar-refractivity contribution is 6.06. The molecule has 1 aromatic rings. The van der Waals surface area contributed by atoms with Crippen LogP contribution in [-0.4, -0.2) is 31.7 Å². The maximum Gasteiger partial charge on any atom is 0.167 e. The Kier molecular flexibility index (Phi) is 3.63. The van der Waals surface area contributed by atoms with Crippen LogP contribution in [0.25, 0.3) is 5.57 Å². The number of ether oxygens (including phenoxy) is 2. The lowest BCUT2D eigenvalue weighted by atomic mass is 9.77. The second-order valence-corrected chi connectivity index (χ2v) is 6.68. The molecule has 3 nitrogen and oxygen atoms in total. The third-order valence-electron chi connectivity index (χ3n) is 5.36. The van der Waals surface area contributed by atoms with E-state index < -0.39 is 0 Å². The number of Topliss-reactive ketones (excluding diaryl/α,β-unsaturated/α-hetero) is 1. The molecule has 1 fully saturated rings. The molecular formula is C19H22O3. The fourth-order valence-corrected chi connectivity index (χ4v) is 4.13. The lowest BCUT2D eigenvalue weighted by Crippen LogP contribution is -2.34. The van der Waals surface area contributed by atoms with Crippen molar-refractivity contribution in [2.45, 2.75) is 38.7 Å². The molecule has 3 heteroatoms. The summed E-state index contributed by atoms with van der Waals surface area (Å²) in [5.41, 5.74) is 5.79. The molecule has 22 heavy (non-hydrogen) atoms. The summed E-state index contributed by atoms with van der Waals surface area (Å²) in [4.78, 5) is 12.5. The van der Waals surface area contributed by atoms with Gasteiger partial charge in [-0.3, -0.25) is 4.79 Å². The van der Waals surface area contributed by atoms with E-state index in [9.17, 15) is 4.79 Å². The van der Waals surface area contributed by atoms with Crippen LogP contribution in [0.1, 0.15) is 47.2 Å². The first-order valence-corrected chi connectivity index (χ1v) is 8.27. The largest absolute Gasteiger partial charge is 0.381 e. The van der Waals surface area contributed by atoms with Gasteiger partial charge in [0.25, 0.3) is 0 Å². The maximum atomic E-state index is 12.5. The number of fused-ring (bicyclic) bond motifs is 2. The summed E-state index contributed by atoms with van der Waals surface area (Å²) >= 11 is 0. The molecule has 2 aliphatic heterocycles. The number of hydrogen-bond acceptors (Lipinski definition) is 3. The lowest BCUT2D eigenvalue weighted by Gasteiger charge is -2.37. The Morgan fingerprint density at radius 1 is 1.18 bits per heavy atom. The fourth-order valence-electron chi connectivity index (χ4n) is 4.13. The average Bonchev–Trinajstić information content (AvgIpc) is 2.55. The second kappa shape index (κ2) is 5.64. The topological polar surface area (TPSA) is 35.5 Å². The first-order valence-electron chi connectivity index (χ1n) is 8.27. The van der Waals surface area contributed by atoms with Crippen molar-refractivity contribution in [1.82, 2.24) is 0 Å². The Bertz CT molecular complexity index is 638. The molecule has 1 unspecified atom stereocenters. The number of carbonyl (C=O) groups excluding carboxylic acids is 1. The molecule has 0 aromatic heterocycles. The first kappa shape index (κ1) is 14.2. The van der Waals surface area contributed by atoms with Crippen molar-refractivity contribution < 1.29 is 14.3 Å². The second-order valence-electron chi connectivity index (χ2n) is 6.68. The average molecular weight is 298 g/mol. The Balaban J connectivity index is 1.66. The van der Waals surface area contributed by atoms with E-state index >= 15 is 0 Å². The smallest absolute Gasteiger partial charge is 0.167 e. The van der Waals surface area contributed by atoms with Crippen molar-refractivity contribution in [3.05, 3.63) is 40.5 Å². The fraction of sp³-hybridized carbons (Fsp3) is 0.526. The standard InChI is InChI=1S/C19H22O3/c1-12-3-2-4-15-17(20)9-14-10-18(13-5-7-21-8-6-13)22-11-16(14)19(12)15/h2-4,13,18H,5-11H2,1H3. The minimum Gasteiger partial charge on any atom is -0.381 e. The molecule has 0 spiro atoms. The molecule has 3 aliphatic rings. The van der Waals surface area contributed by atoms with E-state index in [-0.39, 0.29) is 11.9 Å². The predicted molar refractivity (Wildman–Crippen MR) is 84.9 cm³/mol. The molecule has 1 aliphatic carbocycles. The summed E-state index contributed by atoms with van der Waals surface area (Å²) in [5.74, 6) is 0.848. The van der Waals surface area contributed by atoms with Gasteiger partial charge in [-0.15, -0.1) is 0 Å².